The van der Waals surface area contributed by atoms with E-state index in [2.05, 4.69) is 11.0 Å². The van der Waals surface area contributed by atoms with Gasteiger partial charge in [-0.25, -0.2) is 4.79 Å². The first-order chi connectivity index (χ1) is 17.2. The average Bonchev–Trinajstić information content (AvgIpc) is 3.68. The maximum Gasteiger partial charge on any atom is 0.471 e. The number of hydrogen-bond acceptors (Lipinski definition) is 5. The fraction of sp³-hybridized carbons (Fsp3) is 0.444. The fourth-order valence-corrected chi connectivity index (χ4v) is 5.03. The lowest BCUT2D eigenvalue weighted by Gasteiger charge is -2.35. The highest BCUT2D eigenvalue weighted by molar-refractivity contribution is 5.89. The molecule has 1 amide bonds. The molecule has 2 aliphatic rings. The smallest absolute Gasteiger partial charge is 0.465 e. The molecule has 0 bridgehead atoms. The largest absolute Gasteiger partial charge is 0.471 e. The van der Waals surface area contributed by atoms with Crippen molar-refractivity contribution in [1.82, 2.24) is 9.80 Å². The number of ether oxygens (including phenoxy) is 1. The zero-order chi connectivity index (χ0) is 25.9. The lowest BCUT2D eigenvalue weighted by molar-refractivity contribution is -0.187. The number of piperidine rings is 1. The number of carbonyl (C=O) groups excluding carboxylic acids is 2. The van der Waals surface area contributed by atoms with E-state index in [1.54, 1.807) is 12.1 Å². The Morgan fingerprint density at radius 1 is 1.14 bits per heavy atom. The Morgan fingerprint density at radius 3 is 2.44 bits per heavy atom. The first-order valence-electron chi connectivity index (χ1n) is 12.0. The van der Waals surface area contributed by atoms with Gasteiger partial charge >= 0.3 is 18.1 Å². The van der Waals surface area contributed by atoms with Gasteiger partial charge in [0.05, 0.1) is 24.3 Å². The summed E-state index contributed by atoms with van der Waals surface area (Å²) in [4.78, 5) is 27.2. The van der Waals surface area contributed by atoms with E-state index >= 15 is 0 Å². The van der Waals surface area contributed by atoms with E-state index in [0.717, 1.165) is 16.0 Å². The van der Waals surface area contributed by atoms with Crippen molar-refractivity contribution in [2.24, 2.45) is 5.92 Å². The third-order valence-corrected chi connectivity index (χ3v) is 7.10. The van der Waals surface area contributed by atoms with Gasteiger partial charge in [0.15, 0.2) is 0 Å². The van der Waals surface area contributed by atoms with Crippen molar-refractivity contribution in [1.29, 1.82) is 5.26 Å². The van der Waals surface area contributed by atoms with Crippen LogP contribution < -0.4 is 0 Å². The second-order valence-corrected chi connectivity index (χ2v) is 9.47. The topological polar surface area (TPSA) is 73.6 Å². The van der Waals surface area contributed by atoms with Crippen LogP contribution in [0.5, 0.6) is 0 Å². The molecule has 0 radical (unpaired) electrons. The van der Waals surface area contributed by atoms with Gasteiger partial charge in [0, 0.05) is 25.0 Å². The summed E-state index contributed by atoms with van der Waals surface area (Å²) < 4.78 is 44.9. The minimum Gasteiger partial charge on any atom is -0.465 e. The lowest BCUT2D eigenvalue weighted by atomic mass is 9.95. The van der Waals surface area contributed by atoms with E-state index < -0.39 is 24.1 Å². The van der Waals surface area contributed by atoms with Gasteiger partial charge in [0.1, 0.15) is 0 Å². The third-order valence-electron chi connectivity index (χ3n) is 7.10. The van der Waals surface area contributed by atoms with Gasteiger partial charge in [-0.2, -0.15) is 18.4 Å². The molecular weight excluding hydrogens is 471 g/mol. The average molecular weight is 500 g/mol. The number of amides is 1. The first kappa shape index (κ1) is 25.7. The summed E-state index contributed by atoms with van der Waals surface area (Å²) in [6, 6.07) is 15.9. The van der Waals surface area contributed by atoms with Crippen LogP contribution >= 0.6 is 0 Å². The van der Waals surface area contributed by atoms with E-state index in [-0.39, 0.29) is 18.4 Å². The molecule has 0 unspecified atom stereocenters. The summed E-state index contributed by atoms with van der Waals surface area (Å²) in [5.41, 5.74) is 2.44. The van der Waals surface area contributed by atoms with Crippen molar-refractivity contribution in [2.75, 3.05) is 26.7 Å². The Labute approximate surface area is 208 Å². The number of hydrogen-bond donors (Lipinski definition) is 0. The molecule has 0 aromatic heterocycles. The van der Waals surface area contributed by atoms with Crippen LogP contribution in [-0.2, 0) is 16.1 Å². The highest BCUT2D eigenvalue weighted by Crippen LogP contribution is 2.46. The summed E-state index contributed by atoms with van der Waals surface area (Å²) in [7, 11) is 1.28. The molecule has 1 aliphatic carbocycles. The molecule has 2 atom stereocenters. The molecule has 1 saturated carbocycles. The Hall–Kier alpha value is -3.38. The number of methoxy groups -OCH3 is 1. The number of alkyl halides is 3. The zero-order valence-electron chi connectivity index (χ0n) is 20.0. The maximum absolute atomic E-state index is 13.4. The van der Waals surface area contributed by atoms with E-state index in [4.69, 9.17) is 4.74 Å². The Kier molecular flexibility index (Phi) is 7.65. The van der Waals surface area contributed by atoms with Gasteiger partial charge in [-0.05, 0) is 61.5 Å². The highest BCUT2D eigenvalue weighted by atomic mass is 19.4. The molecule has 0 spiro atoms. The predicted octanol–water partition coefficient (Wildman–Crippen LogP) is 4.50. The SMILES string of the molecule is COC(=O)c1ccc(CN2CCC(CN(C(=O)C(F)(F)F)[C@@H]3C[C@H]3c3ccccc3)CC2)c(C#N)c1. The number of benzene rings is 2. The molecule has 1 aliphatic heterocycles. The van der Waals surface area contributed by atoms with Crippen LogP contribution in [0.1, 0.15) is 52.2 Å². The summed E-state index contributed by atoms with van der Waals surface area (Å²) >= 11 is 0. The van der Waals surface area contributed by atoms with E-state index in [1.807, 2.05) is 30.3 Å². The number of rotatable bonds is 7. The van der Waals surface area contributed by atoms with Crippen molar-refractivity contribution < 1.29 is 27.5 Å². The van der Waals surface area contributed by atoms with Crippen LogP contribution in [-0.4, -0.2) is 60.6 Å². The summed E-state index contributed by atoms with van der Waals surface area (Å²) in [6.45, 7) is 1.89. The van der Waals surface area contributed by atoms with E-state index in [1.165, 1.54) is 13.2 Å². The first-order valence-corrected chi connectivity index (χ1v) is 12.0. The van der Waals surface area contributed by atoms with Gasteiger partial charge in [-0.1, -0.05) is 36.4 Å². The van der Waals surface area contributed by atoms with Crippen LogP contribution in [0, 0.1) is 17.2 Å². The van der Waals surface area contributed by atoms with Crippen molar-refractivity contribution in [3.63, 3.8) is 0 Å². The molecule has 6 nitrogen and oxygen atoms in total. The standard InChI is InChI=1S/C27H28F3N3O3/c1-36-25(34)20-7-8-21(22(13-20)15-31)17-32-11-9-18(10-12-32)16-33(26(35)27(28,29)30)24-14-23(24)19-5-3-2-4-6-19/h2-8,13,18,23-24H,9-12,14,16-17H2,1H3/t23-,24+/m0/s1. The minimum absolute atomic E-state index is 0.0262. The molecule has 2 fully saturated rings. The van der Waals surface area contributed by atoms with Crippen molar-refractivity contribution in [2.45, 2.75) is 43.9 Å². The molecule has 2 aromatic carbocycles. The third kappa shape index (κ3) is 5.88. The molecule has 190 valence electrons. The normalized spacial score (nSPS) is 20.4. The number of halogens is 3. The fourth-order valence-electron chi connectivity index (χ4n) is 5.03. The van der Waals surface area contributed by atoms with E-state index in [9.17, 15) is 28.0 Å². The number of likely N-dealkylation sites (tertiary alicyclic amines) is 1. The van der Waals surface area contributed by atoms with Crippen molar-refractivity contribution >= 4 is 11.9 Å². The molecule has 2 aromatic rings. The predicted molar refractivity (Wildman–Crippen MR) is 126 cm³/mol. The van der Waals surface area contributed by atoms with Crippen molar-refractivity contribution in [3.05, 3.63) is 70.8 Å². The van der Waals surface area contributed by atoms with Gasteiger partial charge < -0.3 is 9.64 Å². The summed E-state index contributed by atoms with van der Waals surface area (Å²) in [5, 5.41) is 9.50. The van der Waals surface area contributed by atoms with Crippen LogP contribution in [0.3, 0.4) is 0 Å². The van der Waals surface area contributed by atoms with Crippen LogP contribution in [0.2, 0.25) is 0 Å². The molecule has 0 N–H and O–H groups in total. The molecule has 1 heterocycles. The van der Waals surface area contributed by atoms with Gasteiger partial charge in [-0.15, -0.1) is 0 Å². The molecule has 1 saturated heterocycles. The van der Waals surface area contributed by atoms with Crippen LogP contribution in [0.15, 0.2) is 48.5 Å². The maximum atomic E-state index is 13.4. The highest BCUT2D eigenvalue weighted by Gasteiger charge is 2.52. The zero-order valence-corrected chi connectivity index (χ0v) is 20.0. The van der Waals surface area contributed by atoms with Gasteiger partial charge in [-0.3, -0.25) is 9.69 Å². The second-order valence-electron chi connectivity index (χ2n) is 9.47. The molecular formula is C27H28F3N3O3. The monoisotopic (exact) mass is 499 g/mol. The van der Waals surface area contributed by atoms with Crippen molar-refractivity contribution in [3.8, 4) is 6.07 Å². The number of esters is 1. The number of nitriles is 1. The van der Waals surface area contributed by atoms with E-state index in [0.29, 0.717) is 50.0 Å². The number of nitrogens with zero attached hydrogens (tertiary/aromatic N) is 3. The number of carbonyl (C=O) groups is 2. The molecule has 4 rings (SSSR count). The molecule has 9 heteroatoms. The lowest BCUT2D eigenvalue weighted by Crippen LogP contribution is -2.47. The van der Waals surface area contributed by atoms with Crippen LogP contribution in [0.25, 0.3) is 0 Å². The van der Waals surface area contributed by atoms with Crippen LogP contribution in [0.4, 0.5) is 13.2 Å². The minimum atomic E-state index is -4.89. The summed E-state index contributed by atoms with van der Waals surface area (Å²) in [6.07, 6.45) is -3.03. The van der Waals surface area contributed by atoms with Gasteiger partial charge in [0.2, 0.25) is 0 Å². The Morgan fingerprint density at radius 2 is 1.83 bits per heavy atom. The summed E-state index contributed by atoms with van der Waals surface area (Å²) in [5.74, 6) is -2.35. The Balaban J connectivity index is 1.37. The second kappa shape index (κ2) is 10.7. The molecule has 36 heavy (non-hydrogen) atoms. The van der Waals surface area contributed by atoms with Gasteiger partial charge in [0.25, 0.3) is 0 Å². The Bertz CT molecular complexity index is 1140. The quantitative estimate of drug-likeness (QED) is 0.525.